The molecule has 0 saturated heterocycles. The molecule has 4 aliphatic rings. The first-order valence-electron chi connectivity index (χ1n) is 23.0. The summed E-state index contributed by atoms with van der Waals surface area (Å²) in [6.45, 7) is 0. The summed E-state index contributed by atoms with van der Waals surface area (Å²) >= 11 is 0. The first-order valence-corrected chi connectivity index (χ1v) is 23.0. The van der Waals surface area contributed by atoms with Crippen LogP contribution >= 0.6 is 0 Å². The lowest BCUT2D eigenvalue weighted by Crippen LogP contribution is -2.33. The Morgan fingerprint density at radius 3 is 2.00 bits per heavy atom. The zero-order valence-corrected chi connectivity index (χ0v) is 35.8. The van der Waals surface area contributed by atoms with Gasteiger partial charge in [0.2, 0.25) is 0 Å². The van der Waals surface area contributed by atoms with Gasteiger partial charge in [0.05, 0.1) is 27.7 Å². The van der Waals surface area contributed by atoms with Gasteiger partial charge in [0.25, 0.3) is 0 Å². The van der Waals surface area contributed by atoms with Gasteiger partial charge >= 0.3 is 0 Å². The summed E-state index contributed by atoms with van der Waals surface area (Å²) in [5.41, 5.74) is 21.4. The quantitative estimate of drug-likeness (QED) is 0.169. The zero-order valence-electron chi connectivity index (χ0n) is 35.8. The van der Waals surface area contributed by atoms with Crippen LogP contribution in [0.5, 0.6) is 0 Å². The summed E-state index contributed by atoms with van der Waals surface area (Å²) in [7, 11) is 0. The predicted octanol–water partition coefficient (Wildman–Crippen LogP) is 15.3. The zero-order chi connectivity index (χ0) is 42.6. The van der Waals surface area contributed by atoms with Crippen molar-refractivity contribution in [3.63, 3.8) is 0 Å². The van der Waals surface area contributed by atoms with Crippen molar-refractivity contribution >= 4 is 38.3 Å². The third-order valence-electron chi connectivity index (χ3n) is 15.0. The van der Waals surface area contributed by atoms with Crippen molar-refractivity contribution in [3.05, 3.63) is 253 Å². The Labute approximate surface area is 378 Å². The highest BCUT2D eigenvalue weighted by Crippen LogP contribution is 2.66. The minimum Gasteiger partial charge on any atom is -0.309 e. The number of hydrogen-bond acceptors (Lipinski definition) is 1. The second-order valence-corrected chi connectivity index (χ2v) is 18.1. The van der Waals surface area contributed by atoms with Crippen LogP contribution in [0.25, 0.3) is 83.0 Å². The largest absolute Gasteiger partial charge is 0.309 e. The van der Waals surface area contributed by atoms with Crippen molar-refractivity contribution < 1.29 is 0 Å². The van der Waals surface area contributed by atoms with Crippen LogP contribution in [0.2, 0.25) is 0 Å². The molecule has 0 radical (unpaired) electrons. The van der Waals surface area contributed by atoms with Gasteiger partial charge in [-0.25, -0.2) is 0 Å². The Balaban J connectivity index is 0.901. The minimum atomic E-state index is -0.368. The normalized spacial score (nSPS) is 18.9. The monoisotopic (exact) mass is 829 g/mol. The molecule has 14 rings (SSSR count). The Morgan fingerprint density at radius 1 is 0.523 bits per heavy atom. The minimum absolute atomic E-state index is 0.239. The molecule has 3 atom stereocenters. The molecule has 65 heavy (non-hydrogen) atoms. The van der Waals surface area contributed by atoms with Crippen molar-refractivity contribution in [1.29, 1.82) is 0 Å². The number of fused-ring (bicyclic) bond motifs is 15. The van der Waals surface area contributed by atoms with E-state index in [0.29, 0.717) is 5.92 Å². The highest BCUT2D eigenvalue weighted by Gasteiger charge is 2.58. The Bertz CT molecular complexity index is 3700. The molecule has 0 bridgehead atoms. The average molecular weight is 830 g/mol. The topological polar surface area (TPSA) is 22.8 Å². The van der Waals surface area contributed by atoms with E-state index in [1.807, 2.05) is 6.20 Å². The summed E-state index contributed by atoms with van der Waals surface area (Å²) in [6.07, 6.45) is 22.4. The van der Waals surface area contributed by atoms with Gasteiger partial charge in [-0.05, 0) is 117 Å². The summed E-state index contributed by atoms with van der Waals surface area (Å²) < 4.78 is 4.97. The van der Waals surface area contributed by atoms with Gasteiger partial charge in [-0.15, -0.1) is 0 Å². The van der Waals surface area contributed by atoms with Crippen LogP contribution in [0.1, 0.15) is 46.7 Å². The molecule has 0 N–H and O–H groups in total. The van der Waals surface area contributed by atoms with E-state index in [1.54, 1.807) is 0 Å². The fourth-order valence-corrected chi connectivity index (χ4v) is 12.4. The van der Waals surface area contributed by atoms with Crippen molar-refractivity contribution in [2.24, 2.45) is 5.92 Å². The summed E-state index contributed by atoms with van der Waals surface area (Å²) in [4.78, 5) is 4.81. The fraction of sp³-hybridized carbons (Fsp3) is 0.0806. The predicted molar refractivity (Wildman–Crippen MR) is 269 cm³/mol. The van der Waals surface area contributed by atoms with Crippen LogP contribution in [-0.2, 0) is 5.41 Å². The third kappa shape index (κ3) is 5.04. The van der Waals surface area contributed by atoms with Gasteiger partial charge in [0.15, 0.2) is 0 Å². The van der Waals surface area contributed by atoms with E-state index in [9.17, 15) is 0 Å². The summed E-state index contributed by atoms with van der Waals surface area (Å²) in [5.74, 6) is 0.534. The lowest BCUT2D eigenvalue weighted by molar-refractivity contribution is 0.467. The number of nitrogens with zero attached hydrogens (tertiary/aromatic N) is 3. The molecule has 10 aromatic rings. The number of allylic oxidation sites excluding steroid dienone is 8. The Kier molecular flexibility index (Phi) is 7.85. The van der Waals surface area contributed by atoms with Crippen LogP contribution in [0, 0.1) is 5.92 Å². The van der Waals surface area contributed by atoms with E-state index in [1.165, 1.54) is 105 Å². The molecular formula is C62H43N3. The van der Waals surface area contributed by atoms with Gasteiger partial charge < -0.3 is 9.13 Å². The number of benzene rings is 7. The smallest absolute Gasteiger partial charge is 0.0579 e. The molecule has 3 nitrogen and oxygen atoms in total. The molecule has 3 heteroatoms. The number of hydrogen-bond donors (Lipinski definition) is 0. The number of para-hydroxylation sites is 2. The molecule has 0 aliphatic heterocycles. The van der Waals surface area contributed by atoms with E-state index in [-0.39, 0.29) is 11.3 Å². The number of aromatic nitrogens is 3. The van der Waals surface area contributed by atoms with Crippen molar-refractivity contribution in [1.82, 2.24) is 14.1 Å². The highest BCUT2D eigenvalue weighted by molar-refractivity contribution is 6.15. The molecular weight excluding hydrogens is 787 g/mol. The molecule has 0 fully saturated rings. The molecule has 3 heterocycles. The van der Waals surface area contributed by atoms with Gasteiger partial charge in [-0.3, -0.25) is 4.98 Å². The first-order chi connectivity index (χ1) is 32.3. The second kappa shape index (κ2) is 14.0. The maximum atomic E-state index is 4.81. The maximum absolute atomic E-state index is 4.81. The molecule has 0 saturated carbocycles. The fourth-order valence-electron chi connectivity index (χ4n) is 12.4. The van der Waals surface area contributed by atoms with Crippen LogP contribution in [-0.4, -0.2) is 14.1 Å². The molecule has 3 unspecified atom stereocenters. The molecule has 0 amide bonds. The third-order valence-corrected chi connectivity index (χ3v) is 15.0. The lowest BCUT2D eigenvalue weighted by atomic mass is 9.65. The van der Waals surface area contributed by atoms with E-state index in [2.05, 4.69) is 228 Å². The molecule has 4 aliphatic carbocycles. The van der Waals surface area contributed by atoms with Crippen molar-refractivity contribution in [2.75, 3.05) is 0 Å². The second-order valence-electron chi connectivity index (χ2n) is 18.1. The van der Waals surface area contributed by atoms with Crippen molar-refractivity contribution in [3.8, 4) is 44.8 Å². The SMILES string of the molecule is C1=CCCC(c2c(-c3ccccc3)c3ccccc3n2-c2ccc(-c3ccc(-n4c5ccccc5c5c6c(ccc54)-c4ccncc4C64c5ccccc5C5C=CC=CC54)cc3)cc2)=C1. The number of rotatable bonds is 5. The van der Waals surface area contributed by atoms with E-state index in [0.717, 1.165) is 18.5 Å². The van der Waals surface area contributed by atoms with E-state index in [4.69, 9.17) is 4.98 Å². The Morgan fingerprint density at radius 2 is 1.22 bits per heavy atom. The molecule has 7 aromatic carbocycles. The average Bonchev–Trinajstić information content (AvgIpc) is 4.09. The van der Waals surface area contributed by atoms with Crippen molar-refractivity contribution in [2.45, 2.75) is 24.2 Å². The van der Waals surface area contributed by atoms with Gasteiger partial charge in [-0.1, -0.05) is 164 Å². The van der Waals surface area contributed by atoms with Gasteiger partial charge in [0, 0.05) is 57.3 Å². The summed E-state index contributed by atoms with van der Waals surface area (Å²) in [6, 6.07) is 63.3. The standard InChI is InChI=1S/C62H43N3/c1-3-15-42(16-4-1)58-50-21-9-14-26-56(50)65(61(58)43-17-5-2-6-18-43)45-33-29-41(30-34-45)40-27-31-44(32-28-40)64-55-25-13-10-22-51(55)59-57(64)36-35-49-48-37-38-63-39-54(48)62(60(49)59)52-23-11-7-19-46(52)47-20-8-12-24-53(47)62/h1-5,7-17,19-39,46,52H,6,18H2. The van der Waals surface area contributed by atoms with Crippen LogP contribution in [0.4, 0.5) is 0 Å². The molecule has 306 valence electrons. The molecule has 1 spiro atoms. The van der Waals surface area contributed by atoms with E-state index >= 15 is 0 Å². The lowest BCUT2D eigenvalue weighted by Gasteiger charge is -2.36. The van der Waals surface area contributed by atoms with Gasteiger partial charge in [-0.2, -0.15) is 0 Å². The number of pyridine rings is 1. The summed E-state index contributed by atoms with van der Waals surface area (Å²) in [5, 5.41) is 3.89. The van der Waals surface area contributed by atoms with Crippen LogP contribution < -0.4 is 0 Å². The van der Waals surface area contributed by atoms with Crippen LogP contribution in [0.3, 0.4) is 0 Å². The first kappa shape index (κ1) is 36.5. The Hall–Kier alpha value is -8.01. The molecule has 3 aromatic heterocycles. The maximum Gasteiger partial charge on any atom is 0.0579 e. The highest BCUT2D eigenvalue weighted by atomic mass is 15.0. The van der Waals surface area contributed by atoms with Crippen LogP contribution in [0.15, 0.2) is 225 Å². The van der Waals surface area contributed by atoms with Gasteiger partial charge in [0.1, 0.15) is 0 Å². The van der Waals surface area contributed by atoms with E-state index < -0.39 is 0 Å².